The van der Waals surface area contributed by atoms with Gasteiger partial charge in [-0.1, -0.05) is 19.8 Å². The molecule has 1 aromatic rings. The van der Waals surface area contributed by atoms with Crippen LogP contribution in [0.1, 0.15) is 39.5 Å². The second-order valence-electron chi connectivity index (χ2n) is 4.61. The fraction of sp³-hybridized carbons (Fsp3) is 0.429. The molecule has 0 saturated heterocycles. The van der Waals surface area contributed by atoms with E-state index in [1.165, 1.54) is 31.2 Å². The van der Waals surface area contributed by atoms with E-state index >= 15 is 0 Å². The zero-order valence-electron chi connectivity index (χ0n) is 12.3. The molecule has 0 aliphatic rings. The summed E-state index contributed by atoms with van der Waals surface area (Å²) in [5.74, 6) is -0.208. The number of amides is 1. The van der Waals surface area contributed by atoms with Crippen molar-refractivity contribution in [2.24, 2.45) is 5.10 Å². The van der Waals surface area contributed by atoms with Gasteiger partial charge in [-0.15, -0.1) is 0 Å². The lowest BCUT2D eigenvalue weighted by Gasteiger charge is -2.05. The highest BCUT2D eigenvalue weighted by molar-refractivity contribution is 7.89. The van der Waals surface area contributed by atoms with Crippen molar-refractivity contribution in [2.45, 2.75) is 44.4 Å². The summed E-state index contributed by atoms with van der Waals surface area (Å²) in [5.41, 5.74) is 0.546. The number of unbranched alkanes of at least 4 members (excludes halogenated alkanes) is 3. The maximum atomic E-state index is 11.9. The summed E-state index contributed by atoms with van der Waals surface area (Å²) < 4.78 is 23.9. The molecule has 1 aromatic carbocycles. The van der Waals surface area contributed by atoms with Gasteiger partial charge in [-0.3, -0.25) is 4.79 Å². The van der Waals surface area contributed by atoms with Crippen LogP contribution in [0.2, 0.25) is 0 Å². The number of anilines is 1. The van der Waals surface area contributed by atoms with E-state index in [2.05, 4.69) is 22.2 Å². The number of hydrogen-bond acceptors (Lipinski definition) is 4. The molecule has 0 heterocycles. The number of nitrogens with zero attached hydrogens (tertiary/aromatic N) is 1. The van der Waals surface area contributed by atoms with Gasteiger partial charge in [0.1, 0.15) is 0 Å². The lowest BCUT2D eigenvalue weighted by Crippen LogP contribution is -2.18. The van der Waals surface area contributed by atoms with Crippen LogP contribution in [0.3, 0.4) is 0 Å². The Labute approximate surface area is 125 Å². The summed E-state index contributed by atoms with van der Waals surface area (Å²) >= 11 is 0. The first-order chi connectivity index (χ1) is 9.95. The molecule has 0 bridgehead atoms. The monoisotopic (exact) mass is 311 g/mol. The number of sulfonamides is 1. The summed E-state index contributed by atoms with van der Waals surface area (Å²) in [6.45, 7) is 3.49. The molecule has 0 atom stereocenters. The van der Waals surface area contributed by atoms with E-state index in [0.29, 0.717) is 5.69 Å². The highest BCUT2D eigenvalue weighted by Crippen LogP contribution is 2.13. The van der Waals surface area contributed by atoms with Crippen LogP contribution in [0, 0.1) is 0 Å². The molecule has 0 aromatic heterocycles. The Morgan fingerprint density at radius 3 is 2.48 bits per heavy atom. The van der Waals surface area contributed by atoms with Gasteiger partial charge in [-0.05, 0) is 37.1 Å². The Morgan fingerprint density at radius 2 is 1.90 bits per heavy atom. The zero-order chi connectivity index (χ0) is 15.7. The summed E-state index contributed by atoms with van der Waals surface area (Å²) in [6.07, 6.45) is 5.52. The molecule has 6 nitrogen and oxygen atoms in total. The summed E-state index contributed by atoms with van der Waals surface area (Å²) in [6, 6.07) is 5.89. The van der Waals surface area contributed by atoms with Crippen LogP contribution in [0.25, 0.3) is 0 Å². The summed E-state index contributed by atoms with van der Waals surface area (Å²) in [7, 11) is -3.66. The predicted octanol–water partition coefficient (Wildman–Crippen LogP) is 2.49. The Kier molecular flexibility index (Phi) is 6.87. The molecule has 2 N–H and O–H groups in total. The SMILES string of the molecule is CCCCCC=NNS(=O)(=O)c1ccc(NC(C)=O)cc1. The van der Waals surface area contributed by atoms with Crippen molar-refractivity contribution >= 4 is 27.8 Å². The number of carbonyl (C=O) groups excluding carboxylic acids is 1. The van der Waals surface area contributed by atoms with Crippen LogP contribution in [0.15, 0.2) is 34.3 Å². The maximum Gasteiger partial charge on any atom is 0.276 e. The van der Waals surface area contributed by atoms with E-state index in [0.717, 1.165) is 25.7 Å². The largest absolute Gasteiger partial charge is 0.326 e. The van der Waals surface area contributed by atoms with Crippen LogP contribution in [0.4, 0.5) is 5.69 Å². The van der Waals surface area contributed by atoms with Gasteiger partial charge in [0.2, 0.25) is 5.91 Å². The number of benzene rings is 1. The molecule has 7 heteroatoms. The van der Waals surface area contributed by atoms with Crippen LogP contribution in [-0.2, 0) is 14.8 Å². The van der Waals surface area contributed by atoms with Crippen molar-refractivity contribution in [3.8, 4) is 0 Å². The molecule has 0 saturated carbocycles. The molecule has 1 amide bonds. The third-order valence-corrected chi connectivity index (χ3v) is 3.92. The number of carbonyl (C=O) groups is 1. The summed E-state index contributed by atoms with van der Waals surface area (Å²) in [4.78, 5) is 13.1. The van der Waals surface area contributed by atoms with Crippen LogP contribution >= 0.6 is 0 Å². The van der Waals surface area contributed by atoms with E-state index in [4.69, 9.17) is 0 Å². The van der Waals surface area contributed by atoms with E-state index in [1.54, 1.807) is 6.21 Å². The Bertz CT molecular complexity index is 580. The van der Waals surface area contributed by atoms with Crippen molar-refractivity contribution in [3.63, 3.8) is 0 Å². The minimum absolute atomic E-state index is 0.0994. The smallest absolute Gasteiger partial charge is 0.276 e. The number of nitrogens with one attached hydrogen (secondary N) is 2. The van der Waals surface area contributed by atoms with Gasteiger partial charge in [-0.25, -0.2) is 4.83 Å². The van der Waals surface area contributed by atoms with E-state index in [-0.39, 0.29) is 10.8 Å². The average Bonchev–Trinajstić information content (AvgIpc) is 2.42. The van der Waals surface area contributed by atoms with Crippen molar-refractivity contribution in [2.75, 3.05) is 5.32 Å². The van der Waals surface area contributed by atoms with Crippen molar-refractivity contribution in [1.82, 2.24) is 4.83 Å². The first-order valence-electron chi connectivity index (χ1n) is 6.86. The molecule has 0 aliphatic carbocycles. The first kappa shape index (κ1) is 17.2. The standard InChI is InChI=1S/C14H21N3O3S/c1-3-4-5-6-11-15-17-21(19,20)14-9-7-13(8-10-14)16-12(2)18/h7-11,17H,3-6H2,1-2H3,(H,16,18). The van der Waals surface area contributed by atoms with Gasteiger partial charge < -0.3 is 5.32 Å². The molecule has 1 rings (SSSR count). The second kappa shape index (κ2) is 8.41. The van der Waals surface area contributed by atoms with Crippen molar-refractivity contribution in [3.05, 3.63) is 24.3 Å². The Hall–Kier alpha value is -1.89. The first-order valence-corrected chi connectivity index (χ1v) is 8.35. The quantitative estimate of drug-likeness (QED) is 0.439. The van der Waals surface area contributed by atoms with E-state index in [9.17, 15) is 13.2 Å². The molecule has 0 fully saturated rings. The Balaban J connectivity index is 2.59. The number of rotatable bonds is 8. The van der Waals surface area contributed by atoms with Gasteiger partial charge in [0.15, 0.2) is 0 Å². The molecular formula is C14H21N3O3S. The minimum Gasteiger partial charge on any atom is -0.326 e. The molecule has 0 aliphatic heterocycles. The Morgan fingerprint density at radius 1 is 1.24 bits per heavy atom. The zero-order valence-corrected chi connectivity index (χ0v) is 13.1. The highest BCUT2D eigenvalue weighted by Gasteiger charge is 2.12. The fourth-order valence-electron chi connectivity index (χ4n) is 1.63. The number of hydrazone groups is 1. The second-order valence-corrected chi connectivity index (χ2v) is 6.27. The molecule has 21 heavy (non-hydrogen) atoms. The third-order valence-electron chi connectivity index (χ3n) is 2.69. The molecule has 0 radical (unpaired) electrons. The van der Waals surface area contributed by atoms with Crippen LogP contribution in [-0.4, -0.2) is 20.5 Å². The predicted molar refractivity (Wildman–Crippen MR) is 83.7 cm³/mol. The lowest BCUT2D eigenvalue weighted by molar-refractivity contribution is -0.114. The van der Waals surface area contributed by atoms with Crippen LogP contribution < -0.4 is 10.1 Å². The molecule has 0 unspecified atom stereocenters. The van der Waals surface area contributed by atoms with Gasteiger partial charge in [-0.2, -0.15) is 13.5 Å². The fourth-order valence-corrected chi connectivity index (χ4v) is 2.44. The van der Waals surface area contributed by atoms with Gasteiger partial charge in [0.25, 0.3) is 10.0 Å². The molecular weight excluding hydrogens is 290 g/mol. The topological polar surface area (TPSA) is 87.6 Å². The molecule has 116 valence electrons. The van der Waals surface area contributed by atoms with Crippen LogP contribution in [0.5, 0.6) is 0 Å². The highest BCUT2D eigenvalue weighted by atomic mass is 32.2. The van der Waals surface area contributed by atoms with Gasteiger partial charge >= 0.3 is 0 Å². The average molecular weight is 311 g/mol. The minimum atomic E-state index is -3.66. The van der Waals surface area contributed by atoms with E-state index < -0.39 is 10.0 Å². The van der Waals surface area contributed by atoms with Crippen molar-refractivity contribution in [1.29, 1.82) is 0 Å². The van der Waals surface area contributed by atoms with Gasteiger partial charge in [0, 0.05) is 18.8 Å². The van der Waals surface area contributed by atoms with Gasteiger partial charge in [0.05, 0.1) is 4.90 Å². The summed E-state index contributed by atoms with van der Waals surface area (Å²) in [5, 5.41) is 6.30. The van der Waals surface area contributed by atoms with E-state index in [1.807, 2.05) is 0 Å². The maximum absolute atomic E-state index is 11.9. The third kappa shape index (κ3) is 6.40. The normalized spacial score (nSPS) is 11.5. The molecule has 0 spiro atoms. The number of hydrogen-bond donors (Lipinski definition) is 2. The van der Waals surface area contributed by atoms with Crippen molar-refractivity contribution < 1.29 is 13.2 Å². The lowest BCUT2D eigenvalue weighted by atomic mass is 10.2.